The summed E-state index contributed by atoms with van der Waals surface area (Å²) in [6, 6.07) is 15.3. The number of halogens is 1. The molecule has 1 amide bonds. The van der Waals surface area contributed by atoms with Crippen molar-refractivity contribution in [2.24, 2.45) is 0 Å². The topological polar surface area (TPSA) is 145 Å². The van der Waals surface area contributed by atoms with Gasteiger partial charge in [0.1, 0.15) is 11.4 Å². The minimum Gasteiger partial charge on any atom is -0.474 e. The maximum atomic E-state index is 13.4. The van der Waals surface area contributed by atoms with Crippen LogP contribution in [0.15, 0.2) is 65.8 Å². The van der Waals surface area contributed by atoms with Crippen LogP contribution in [0.2, 0.25) is 5.02 Å². The van der Waals surface area contributed by atoms with Gasteiger partial charge in [-0.25, -0.2) is 9.71 Å². The average molecular weight is 614 g/mol. The number of amides is 1. The third kappa shape index (κ3) is 5.63. The number of aliphatic hydroxyl groups is 2. The van der Waals surface area contributed by atoms with Crippen molar-refractivity contribution in [2.45, 2.75) is 54.4 Å². The van der Waals surface area contributed by atoms with Crippen LogP contribution in [0.3, 0.4) is 0 Å². The molecule has 11 nitrogen and oxygen atoms in total. The molecule has 4 heterocycles. The smallest absolute Gasteiger partial charge is 0.281 e. The summed E-state index contributed by atoms with van der Waals surface area (Å²) in [5.41, 5.74) is -1.16. The van der Waals surface area contributed by atoms with E-state index in [0.29, 0.717) is 86.3 Å². The van der Waals surface area contributed by atoms with Gasteiger partial charge in [-0.3, -0.25) is 9.78 Å². The molecule has 1 aliphatic carbocycles. The van der Waals surface area contributed by atoms with Crippen molar-refractivity contribution in [3.8, 4) is 5.75 Å². The first kappa shape index (κ1) is 28.7. The molecule has 0 radical (unpaired) electrons. The Morgan fingerprint density at radius 1 is 1.00 bits per heavy atom. The van der Waals surface area contributed by atoms with Crippen molar-refractivity contribution in [3.63, 3.8) is 0 Å². The minimum absolute atomic E-state index is 0.292. The van der Waals surface area contributed by atoms with Crippen LogP contribution < -0.4 is 19.3 Å². The Balaban J connectivity index is 1.17. The molecule has 13 heteroatoms. The van der Waals surface area contributed by atoms with E-state index < -0.39 is 33.2 Å². The van der Waals surface area contributed by atoms with Crippen molar-refractivity contribution in [2.75, 3.05) is 36.0 Å². The van der Waals surface area contributed by atoms with Gasteiger partial charge in [0.2, 0.25) is 0 Å². The Labute approximate surface area is 249 Å². The Bertz CT molecular complexity index is 1580. The van der Waals surface area contributed by atoms with Gasteiger partial charge in [0, 0.05) is 45.2 Å². The number of para-hydroxylation sites is 1. The Morgan fingerprint density at radius 2 is 1.76 bits per heavy atom. The fraction of sp³-hybridized carbons (Fsp3) is 0.414. The van der Waals surface area contributed by atoms with Gasteiger partial charge in [-0.15, -0.1) is 0 Å². The second-order valence-corrected chi connectivity index (χ2v) is 13.1. The van der Waals surface area contributed by atoms with Gasteiger partial charge >= 0.3 is 0 Å². The standard InChI is InChI=1S/C29H32ClN5O6S/c30-21-5-3-6-22(34-17-13-28(38,14-18-34)23-7-1-2-15-31-23)26(21)41-29(11-12-29)27(37)33-42(39,40)25-9-4-8-24(32-25)35-16-10-20(36)19-35/h1-9,15,20,36,38H,10-14,16-19H2,(H,33,37)/t20-/m0/s1. The molecule has 1 aromatic carbocycles. The van der Waals surface area contributed by atoms with Gasteiger partial charge in [-0.1, -0.05) is 29.8 Å². The third-order valence-electron chi connectivity index (χ3n) is 8.13. The Hall–Kier alpha value is -3.45. The highest BCUT2D eigenvalue weighted by Gasteiger charge is 2.55. The van der Waals surface area contributed by atoms with Gasteiger partial charge < -0.3 is 24.7 Å². The summed E-state index contributed by atoms with van der Waals surface area (Å²) in [5, 5.41) is 21.1. The number of pyridine rings is 2. The molecule has 0 bridgehead atoms. The number of carbonyl (C=O) groups excluding carboxylic acids is 1. The zero-order valence-corrected chi connectivity index (χ0v) is 24.4. The molecule has 42 heavy (non-hydrogen) atoms. The average Bonchev–Trinajstić information content (AvgIpc) is 3.66. The van der Waals surface area contributed by atoms with E-state index in [1.54, 1.807) is 41.4 Å². The lowest BCUT2D eigenvalue weighted by Crippen LogP contribution is -2.45. The van der Waals surface area contributed by atoms with Crippen LogP contribution in [-0.4, -0.2) is 72.4 Å². The number of aromatic nitrogens is 2. The molecule has 1 saturated carbocycles. The Kier molecular flexibility index (Phi) is 7.50. The van der Waals surface area contributed by atoms with Crippen molar-refractivity contribution >= 4 is 39.0 Å². The molecule has 3 fully saturated rings. The highest BCUT2D eigenvalue weighted by Crippen LogP contribution is 2.47. The fourth-order valence-electron chi connectivity index (χ4n) is 5.49. The molecule has 3 N–H and O–H groups in total. The van der Waals surface area contributed by atoms with E-state index in [2.05, 4.69) is 14.7 Å². The van der Waals surface area contributed by atoms with E-state index in [0.717, 1.165) is 0 Å². The quantitative estimate of drug-likeness (QED) is 0.347. The highest BCUT2D eigenvalue weighted by molar-refractivity contribution is 7.90. The lowest BCUT2D eigenvalue weighted by atomic mass is 9.87. The first-order valence-corrected chi connectivity index (χ1v) is 15.8. The number of nitrogens with zero attached hydrogens (tertiary/aromatic N) is 4. The van der Waals surface area contributed by atoms with Crippen LogP contribution in [0, 0.1) is 0 Å². The number of carbonyl (C=O) groups is 1. The second kappa shape index (κ2) is 11.0. The number of benzene rings is 1. The molecule has 3 aliphatic rings. The molecular weight excluding hydrogens is 582 g/mol. The number of anilines is 2. The first-order chi connectivity index (χ1) is 20.1. The normalized spacial score (nSPS) is 21.2. The monoisotopic (exact) mass is 613 g/mol. The summed E-state index contributed by atoms with van der Waals surface area (Å²) in [5.74, 6) is -0.0861. The molecule has 6 rings (SSSR count). The van der Waals surface area contributed by atoms with Crippen molar-refractivity contribution < 1.29 is 28.2 Å². The first-order valence-electron chi connectivity index (χ1n) is 13.9. The van der Waals surface area contributed by atoms with E-state index in [9.17, 15) is 23.4 Å². The van der Waals surface area contributed by atoms with Gasteiger partial charge in [-0.2, -0.15) is 8.42 Å². The fourth-order valence-corrected chi connectivity index (χ4v) is 6.70. The van der Waals surface area contributed by atoms with Crippen LogP contribution >= 0.6 is 11.6 Å². The SMILES string of the molecule is O=C(NS(=O)(=O)c1cccc(N2CC[C@H](O)C2)n1)C1(Oc2c(Cl)cccc2N2CCC(O)(c3ccccn3)CC2)CC1. The molecule has 222 valence electrons. The second-order valence-electron chi connectivity index (χ2n) is 11.1. The number of hydrogen-bond donors (Lipinski definition) is 3. The molecule has 2 aromatic heterocycles. The van der Waals surface area contributed by atoms with Crippen LogP contribution in [0.4, 0.5) is 11.5 Å². The van der Waals surface area contributed by atoms with Crippen LogP contribution in [0.5, 0.6) is 5.75 Å². The number of piperidine rings is 1. The summed E-state index contributed by atoms with van der Waals surface area (Å²) < 4.78 is 34.8. The number of β-amino-alcohol motifs (C(OH)–C–C–N with tert-alkyl or cyclic N) is 1. The van der Waals surface area contributed by atoms with Crippen molar-refractivity contribution in [3.05, 3.63) is 71.5 Å². The summed E-state index contributed by atoms with van der Waals surface area (Å²) in [6.45, 7) is 1.90. The largest absolute Gasteiger partial charge is 0.474 e. The van der Waals surface area contributed by atoms with Crippen LogP contribution in [-0.2, 0) is 20.4 Å². The predicted octanol–water partition coefficient (Wildman–Crippen LogP) is 2.61. The van der Waals surface area contributed by atoms with E-state index >= 15 is 0 Å². The molecule has 2 aliphatic heterocycles. The maximum Gasteiger partial charge on any atom is 0.281 e. The van der Waals surface area contributed by atoms with Crippen molar-refractivity contribution in [1.82, 2.24) is 14.7 Å². The number of sulfonamides is 1. The number of aliphatic hydroxyl groups excluding tert-OH is 1. The minimum atomic E-state index is -4.30. The summed E-state index contributed by atoms with van der Waals surface area (Å²) in [7, 11) is -4.30. The zero-order valence-electron chi connectivity index (χ0n) is 22.8. The maximum absolute atomic E-state index is 13.4. The van der Waals surface area contributed by atoms with Crippen LogP contribution in [0.1, 0.15) is 37.8 Å². The van der Waals surface area contributed by atoms with E-state index in [-0.39, 0.29) is 5.03 Å². The third-order valence-corrected chi connectivity index (χ3v) is 9.66. The molecule has 3 aromatic rings. The number of nitrogens with one attached hydrogen (secondary N) is 1. The summed E-state index contributed by atoms with van der Waals surface area (Å²) in [6.07, 6.45) is 3.24. The van der Waals surface area contributed by atoms with Gasteiger partial charge in [0.15, 0.2) is 16.4 Å². The number of ether oxygens (including phenoxy) is 1. The molecule has 2 saturated heterocycles. The molecular formula is C29H32ClN5O6S. The molecule has 0 spiro atoms. The van der Waals surface area contributed by atoms with Crippen LogP contribution in [0.25, 0.3) is 0 Å². The highest BCUT2D eigenvalue weighted by atomic mass is 35.5. The van der Waals surface area contributed by atoms with E-state index in [1.807, 2.05) is 23.1 Å². The predicted molar refractivity (Wildman–Crippen MR) is 156 cm³/mol. The number of hydrogen-bond acceptors (Lipinski definition) is 10. The van der Waals surface area contributed by atoms with Crippen molar-refractivity contribution in [1.29, 1.82) is 0 Å². The number of rotatable bonds is 8. The van der Waals surface area contributed by atoms with E-state index in [1.165, 1.54) is 6.07 Å². The molecule has 1 atom stereocenters. The zero-order chi connectivity index (χ0) is 29.5. The van der Waals surface area contributed by atoms with Gasteiger partial charge in [0.05, 0.1) is 22.5 Å². The van der Waals surface area contributed by atoms with Gasteiger partial charge in [0.25, 0.3) is 15.9 Å². The Morgan fingerprint density at radius 3 is 2.43 bits per heavy atom. The molecule has 0 unspecified atom stereocenters. The van der Waals surface area contributed by atoms with E-state index in [4.69, 9.17) is 16.3 Å². The lowest BCUT2D eigenvalue weighted by molar-refractivity contribution is -0.127. The summed E-state index contributed by atoms with van der Waals surface area (Å²) in [4.78, 5) is 25.8. The lowest BCUT2D eigenvalue weighted by Gasteiger charge is -2.39. The summed E-state index contributed by atoms with van der Waals surface area (Å²) >= 11 is 6.56. The van der Waals surface area contributed by atoms with Gasteiger partial charge in [-0.05, 0) is 55.7 Å².